The number of H-pyrrole nitrogens is 2. The van der Waals surface area contributed by atoms with Crippen molar-refractivity contribution in [2.24, 2.45) is 5.73 Å². The van der Waals surface area contributed by atoms with Gasteiger partial charge < -0.3 is 36.8 Å². The van der Waals surface area contributed by atoms with Gasteiger partial charge in [0.15, 0.2) is 0 Å². The van der Waals surface area contributed by atoms with Gasteiger partial charge >= 0.3 is 5.97 Å². The third-order valence-corrected chi connectivity index (χ3v) is 4.96. The van der Waals surface area contributed by atoms with E-state index in [9.17, 15) is 19.2 Å². The zero-order valence-electron chi connectivity index (χ0n) is 17.6. The summed E-state index contributed by atoms with van der Waals surface area (Å²) in [7, 11) is 0. The Bertz CT molecular complexity index is 1130. The maximum absolute atomic E-state index is 13.1. The number of para-hydroxylation sites is 1. The van der Waals surface area contributed by atoms with Crippen LogP contribution in [0.3, 0.4) is 0 Å². The normalized spacial score (nSPS) is 12.6. The molecule has 3 amide bonds. The van der Waals surface area contributed by atoms with Gasteiger partial charge in [0.25, 0.3) is 0 Å². The number of carboxylic acid groups (broad SMARTS) is 1. The number of aromatic nitrogens is 3. The molecule has 0 bridgehead atoms. The molecule has 0 aliphatic heterocycles. The van der Waals surface area contributed by atoms with Gasteiger partial charge in [-0.1, -0.05) is 18.2 Å². The molecule has 12 nitrogen and oxygen atoms in total. The monoisotopic (exact) mass is 455 g/mol. The molecule has 0 fully saturated rings. The molecule has 0 radical (unpaired) electrons. The highest BCUT2D eigenvalue weighted by molar-refractivity contribution is 5.94. The van der Waals surface area contributed by atoms with E-state index in [0.29, 0.717) is 5.69 Å². The SMILES string of the molecule is NCC(=O)NC(Cc1c[nH]c2ccccc12)C(=O)NC(Cc1cnc[nH]1)C(=O)NCC(=O)O. The molecule has 0 saturated carbocycles. The minimum absolute atomic E-state index is 0.0435. The minimum Gasteiger partial charge on any atom is -0.480 e. The van der Waals surface area contributed by atoms with Crippen molar-refractivity contribution in [1.29, 1.82) is 0 Å². The fourth-order valence-corrected chi connectivity index (χ4v) is 3.37. The Morgan fingerprint density at radius 1 is 1.03 bits per heavy atom. The number of carboxylic acids is 1. The van der Waals surface area contributed by atoms with E-state index in [4.69, 9.17) is 10.8 Å². The Balaban J connectivity index is 1.79. The summed E-state index contributed by atoms with van der Waals surface area (Å²) >= 11 is 0. The first-order valence-electron chi connectivity index (χ1n) is 10.2. The predicted octanol–water partition coefficient (Wildman–Crippen LogP) is -1.19. The quantitative estimate of drug-likeness (QED) is 0.189. The van der Waals surface area contributed by atoms with Gasteiger partial charge in [0.1, 0.15) is 18.6 Å². The molecule has 1 aromatic carbocycles. The number of benzene rings is 1. The van der Waals surface area contributed by atoms with Crippen molar-refractivity contribution < 1.29 is 24.3 Å². The number of amides is 3. The van der Waals surface area contributed by atoms with E-state index in [1.165, 1.54) is 12.5 Å². The number of aromatic amines is 2. The van der Waals surface area contributed by atoms with Crippen molar-refractivity contribution in [3.63, 3.8) is 0 Å². The number of imidazole rings is 1. The average molecular weight is 455 g/mol. The van der Waals surface area contributed by atoms with E-state index in [0.717, 1.165) is 16.5 Å². The fourth-order valence-electron chi connectivity index (χ4n) is 3.37. The number of carbonyl (C=O) groups excluding carboxylic acids is 3. The number of nitrogens with zero attached hydrogens (tertiary/aromatic N) is 1. The van der Waals surface area contributed by atoms with E-state index >= 15 is 0 Å². The van der Waals surface area contributed by atoms with Gasteiger partial charge in [-0.25, -0.2) is 4.98 Å². The number of fused-ring (bicyclic) bond motifs is 1. The second kappa shape index (κ2) is 10.9. The maximum Gasteiger partial charge on any atom is 0.322 e. The second-order valence-corrected chi connectivity index (χ2v) is 7.34. The fraction of sp³-hybridized carbons (Fsp3) is 0.286. The number of aliphatic carboxylic acids is 1. The Hall–Kier alpha value is -4.19. The van der Waals surface area contributed by atoms with Crippen molar-refractivity contribution in [3.05, 3.63) is 54.2 Å². The molecule has 2 unspecified atom stereocenters. The van der Waals surface area contributed by atoms with Crippen molar-refractivity contribution in [2.75, 3.05) is 13.1 Å². The number of rotatable bonds is 11. The average Bonchev–Trinajstić information content (AvgIpc) is 3.46. The Kier molecular flexibility index (Phi) is 7.76. The summed E-state index contributed by atoms with van der Waals surface area (Å²) in [5.41, 5.74) is 7.64. The highest BCUT2D eigenvalue weighted by atomic mass is 16.4. The standard InChI is InChI=1S/C21H25N7O5/c22-7-18(29)27-16(5-12-8-24-15-4-2-1-3-14(12)15)21(33)28-17(6-13-9-23-11-26-13)20(32)25-10-19(30)31/h1-4,8-9,11,16-17,24H,5-7,10,22H2,(H,23,26)(H,25,32)(H,27,29)(H,28,33)(H,30,31). The summed E-state index contributed by atoms with van der Waals surface area (Å²) in [4.78, 5) is 58.4. The van der Waals surface area contributed by atoms with Crippen LogP contribution in [0, 0.1) is 0 Å². The molecule has 33 heavy (non-hydrogen) atoms. The minimum atomic E-state index is -1.22. The molecule has 2 heterocycles. The van der Waals surface area contributed by atoms with Gasteiger partial charge in [-0.3, -0.25) is 19.2 Å². The zero-order chi connectivity index (χ0) is 23.8. The van der Waals surface area contributed by atoms with Gasteiger partial charge in [-0.15, -0.1) is 0 Å². The van der Waals surface area contributed by atoms with E-state index in [2.05, 4.69) is 30.9 Å². The number of hydrogen-bond acceptors (Lipinski definition) is 6. The highest BCUT2D eigenvalue weighted by Gasteiger charge is 2.28. The molecule has 0 aliphatic rings. The lowest BCUT2D eigenvalue weighted by atomic mass is 10.0. The summed E-state index contributed by atoms with van der Waals surface area (Å²) in [6, 6.07) is 5.40. The first-order chi connectivity index (χ1) is 15.9. The van der Waals surface area contributed by atoms with Crippen molar-refractivity contribution in [1.82, 2.24) is 30.9 Å². The van der Waals surface area contributed by atoms with E-state index in [1.54, 1.807) is 6.20 Å². The topological polar surface area (TPSA) is 195 Å². The lowest BCUT2D eigenvalue weighted by Gasteiger charge is -2.22. The van der Waals surface area contributed by atoms with Gasteiger partial charge in [0, 0.05) is 41.8 Å². The summed E-state index contributed by atoms with van der Waals surface area (Å²) in [5, 5.41) is 17.2. The third-order valence-electron chi connectivity index (χ3n) is 4.96. The highest BCUT2D eigenvalue weighted by Crippen LogP contribution is 2.19. The predicted molar refractivity (Wildman–Crippen MR) is 118 cm³/mol. The van der Waals surface area contributed by atoms with Crippen LogP contribution in [-0.4, -0.2) is 68.9 Å². The molecule has 0 aliphatic carbocycles. The molecule has 3 aromatic rings. The largest absolute Gasteiger partial charge is 0.480 e. The molecule has 0 spiro atoms. The summed E-state index contributed by atoms with van der Waals surface area (Å²) in [6.07, 6.45) is 4.85. The van der Waals surface area contributed by atoms with Gasteiger partial charge in [0.2, 0.25) is 17.7 Å². The smallest absolute Gasteiger partial charge is 0.322 e. The van der Waals surface area contributed by atoms with Crippen LogP contribution < -0.4 is 21.7 Å². The Morgan fingerprint density at radius 2 is 1.79 bits per heavy atom. The number of hydrogen-bond donors (Lipinski definition) is 7. The zero-order valence-corrected chi connectivity index (χ0v) is 17.6. The van der Waals surface area contributed by atoms with Crippen LogP contribution in [0.5, 0.6) is 0 Å². The number of carbonyl (C=O) groups is 4. The molecule has 8 N–H and O–H groups in total. The second-order valence-electron chi connectivity index (χ2n) is 7.34. The van der Waals surface area contributed by atoms with E-state index < -0.39 is 42.3 Å². The van der Waals surface area contributed by atoms with Crippen LogP contribution in [0.1, 0.15) is 11.3 Å². The Morgan fingerprint density at radius 3 is 2.48 bits per heavy atom. The van der Waals surface area contributed by atoms with Gasteiger partial charge in [0.05, 0.1) is 12.9 Å². The molecule has 174 valence electrons. The number of nitrogens with one attached hydrogen (secondary N) is 5. The molecular weight excluding hydrogens is 430 g/mol. The van der Waals surface area contributed by atoms with Crippen LogP contribution in [0.15, 0.2) is 43.0 Å². The van der Waals surface area contributed by atoms with E-state index in [1.807, 2.05) is 24.3 Å². The molecule has 0 saturated heterocycles. The Labute approximate surface area is 188 Å². The van der Waals surface area contributed by atoms with Crippen LogP contribution in [0.4, 0.5) is 0 Å². The first-order valence-corrected chi connectivity index (χ1v) is 10.2. The lowest BCUT2D eigenvalue weighted by Crippen LogP contribution is -2.56. The van der Waals surface area contributed by atoms with Crippen molar-refractivity contribution in [3.8, 4) is 0 Å². The van der Waals surface area contributed by atoms with Crippen LogP contribution in [0.25, 0.3) is 10.9 Å². The lowest BCUT2D eigenvalue weighted by molar-refractivity contribution is -0.138. The summed E-state index contributed by atoms with van der Waals surface area (Å²) in [6.45, 7) is -0.912. The van der Waals surface area contributed by atoms with Crippen molar-refractivity contribution >= 4 is 34.6 Å². The number of nitrogens with two attached hydrogens (primary N) is 1. The van der Waals surface area contributed by atoms with Crippen LogP contribution in [0.2, 0.25) is 0 Å². The summed E-state index contributed by atoms with van der Waals surface area (Å²) in [5.74, 6) is -3.05. The maximum atomic E-state index is 13.1. The molecule has 12 heteroatoms. The first kappa shape index (κ1) is 23.5. The third kappa shape index (κ3) is 6.40. The molecule has 3 rings (SSSR count). The van der Waals surface area contributed by atoms with Crippen LogP contribution in [-0.2, 0) is 32.0 Å². The van der Waals surface area contributed by atoms with Gasteiger partial charge in [-0.05, 0) is 11.6 Å². The van der Waals surface area contributed by atoms with E-state index in [-0.39, 0.29) is 19.4 Å². The summed E-state index contributed by atoms with van der Waals surface area (Å²) < 4.78 is 0. The van der Waals surface area contributed by atoms with Gasteiger partial charge in [-0.2, -0.15) is 0 Å². The van der Waals surface area contributed by atoms with Crippen molar-refractivity contribution in [2.45, 2.75) is 24.9 Å². The van der Waals surface area contributed by atoms with Crippen LogP contribution >= 0.6 is 0 Å². The molecule has 2 atom stereocenters. The molecular formula is C21H25N7O5. The molecule has 2 aromatic heterocycles.